The number of carboxylic acid groups (broad SMARTS) is 1. The lowest BCUT2D eigenvalue weighted by Gasteiger charge is -2.44. The number of aliphatic carboxylic acids is 1. The molecule has 2 heterocycles. The first-order valence-electron chi connectivity index (χ1n) is 6.94. The third-order valence-electron chi connectivity index (χ3n) is 3.82. The van der Waals surface area contributed by atoms with Gasteiger partial charge in [0.15, 0.2) is 0 Å². The van der Waals surface area contributed by atoms with E-state index < -0.39 is 17.7 Å². The van der Waals surface area contributed by atoms with Crippen LogP contribution in [-0.2, 0) is 11.0 Å². The molecular weight excluding hydrogens is 299 g/mol. The van der Waals surface area contributed by atoms with Crippen LogP contribution in [0.3, 0.4) is 0 Å². The smallest absolute Gasteiger partial charge is 0.417 e. The van der Waals surface area contributed by atoms with Crippen molar-refractivity contribution in [2.24, 2.45) is 0 Å². The summed E-state index contributed by atoms with van der Waals surface area (Å²) in [6, 6.07) is 2.32. The van der Waals surface area contributed by atoms with Gasteiger partial charge in [-0.2, -0.15) is 13.2 Å². The van der Waals surface area contributed by atoms with E-state index in [2.05, 4.69) is 4.98 Å². The lowest BCUT2D eigenvalue weighted by atomic mass is 10.1. The van der Waals surface area contributed by atoms with Gasteiger partial charge in [-0.15, -0.1) is 0 Å². The Labute approximate surface area is 126 Å². The molecule has 0 radical (unpaired) electrons. The fourth-order valence-corrected chi connectivity index (χ4v) is 2.75. The summed E-state index contributed by atoms with van der Waals surface area (Å²) in [7, 11) is 0. The summed E-state index contributed by atoms with van der Waals surface area (Å²) in [6.45, 7) is 4.80. The summed E-state index contributed by atoms with van der Waals surface area (Å²) in [5.41, 5.74) is -0.776. The summed E-state index contributed by atoms with van der Waals surface area (Å²) < 4.78 is 37.6. The molecule has 2 rings (SSSR count). The second kappa shape index (κ2) is 6.12. The second-order valence-electron chi connectivity index (χ2n) is 5.57. The van der Waals surface area contributed by atoms with E-state index in [1.165, 1.54) is 6.07 Å². The molecule has 1 aliphatic rings. The number of carboxylic acids is 1. The molecule has 1 N–H and O–H groups in total. The van der Waals surface area contributed by atoms with E-state index in [1.807, 2.05) is 23.6 Å². The Hall–Kier alpha value is -1.83. The van der Waals surface area contributed by atoms with Gasteiger partial charge in [0.1, 0.15) is 5.82 Å². The predicted octanol–water partition coefficient (Wildman–Crippen LogP) is 2.08. The Bertz CT molecular complexity index is 521. The molecule has 0 aliphatic carbocycles. The van der Waals surface area contributed by atoms with Crippen LogP contribution in [0.4, 0.5) is 19.0 Å². The Morgan fingerprint density at radius 1 is 1.32 bits per heavy atom. The highest BCUT2D eigenvalue weighted by Gasteiger charge is 2.33. The minimum atomic E-state index is -4.40. The van der Waals surface area contributed by atoms with Crippen molar-refractivity contribution in [1.29, 1.82) is 0 Å². The van der Waals surface area contributed by atoms with Crippen LogP contribution in [0.2, 0.25) is 0 Å². The molecule has 0 unspecified atom stereocenters. The van der Waals surface area contributed by atoms with Gasteiger partial charge in [-0.05, 0) is 26.0 Å². The van der Waals surface area contributed by atoms with Crippen LogP contribution in [-0.4, -0.2) is 52.7 Å². The Balaban J connectivity index is 2.10. The number of pyridine rings is 1. The lowest BCUT2D eigenvalue weighted by Crippen LogP contribution is -2.58. The van der Waals surface area contributed by atoms with Gasteiger partial charge in [0, 0.05) is 31.4 Å². The standard InChI is InChI=1S/C14H18F3N3O2/c1-9-6-19(7-10(2)20(9)8-13(21)22)12-4-3-11(5-18-12)14(15,16)17/h3-5,9-10H,6-8H2,1-2H3,(H,21,22)/t9-,10+. The zero-order valence-corrected chi connectivity index (χ0v) is 12.3. The number of rotatable bonds is 3. The Kier molecular flexibility index (Phi) is 4.60. The molecule has 122 valence electrons. The number of nitrogens with zero attached hydrogens (tertiary/aromatic N) is 3. The van der Waals surface area contributed by atoms with E-state index in [9.17, 15) is 18.0 Å². The van der Waals surface area contributed by atoms with Gasteiger partial charge in [0.2, 0.25) is 0 Å². The highest BCUT2D eigenvalue weighted by molar-refractivity contribution is 5.69. The summed E-state index contributed by atoms with van der Waals surface area (Å²) in [4.78, 5) is 18.5. The van der Waals surface area contributed by atoms with Crippen LogP contribution in [0.5, 0.6) is 0 Å². The molecule has 0 spiro atoms. The molecule has 0 saturated carbocycles. The van der Waals surface area contributed by atoms with E-state index in [4.69, 9.17) is 5.11 Å². The van der Waals surface area contributed by atoms with Crippen LogP contribution < -0.4 is 4.90 Å². The Morgan fingerprint density at radius 3 is 2.32 bits per heavy atom. The molecule has 1 aliphatic heterocycles. The van der Waals surface area contributed by atoms with E-state index in [0.29, 0.717) is 18.9 Å². The first kappa shape index (κ1) is 16.5. The van der Waals surface area contributed by atoms with Gasteiger partial charge in [0.05, 0.1) is 12.1 Å². The van der Waals surface area contributed by atoms with E-state index >= 15 is 0 Å². The van der Waals surface area contributed by atoms with Crippen LogP contribution in [0.25, 0.3) is 0 Å². The molecule has 0 amide bonds. The van der Waals surface area contributed by atoms with Gasteiger partial charge in [0.25, 0.3) is 0 Å². The van der Waals surface area contributed by atoms with Crippen LogP contribution in [0.1, 0.15) is 19.4 Å². The monoisotopic (exact) mass is 317 g/mol. The number of hydrogen-bond donors (Lipinski definition) is 1. The number of alkyl halides is 3. The topological polar surface area (TPSA) is 56.7 Å². The largest absolute Gasteiger partial charge is 0.480 e. The van der Waals surface area contributed by atoms with Gasteiger partial charge >= 0.3 is 12.1 Å². The zero-order chi connectivity index (χ0) is 16.5. The Morgan fingerprint density at radius 2 is 1.91 bits per heavy atom. The number of aromatic nitrogens is 1. The molecule has 1 aromatic heterocycles. The molecule has 0 aromatic carbocycles. The molecular formula is C14H18F3N3O2. The molecule has 1 aromatic rings. The summed E-state index contributed by atoms with van der Waals surface area (Å²) in [6.07, 6.45) is -3.57. The average Bonchev–Trinajstić information content (AvgIpc) is 2.41. The summed E-state index contributed by atoms with van der Waals surface area (Å²) in [5, 5.41) is 8.92. The highest BCUT2D eigenvalue weighted by atomic mass is 19.4. The molecule has 8 heteroatoms. The van der Waals surface area contributed by atoms with Gasteiger partial charge in [-0.25, -0.2) is 4.98 Å². The average molecular weight is 317 g/mol. The normalized spacial score (nSPS) is 23.6. The molecule has 22 heavy (non-hydrogen) atoms. The number of anilines is 1. The van der Waals surface area contributed by atoms with Crippen molar-refractivity contribution < 1.29 is 23.1 Å². The lowest BCUT2D eigenvalue weighted by molar-refractivity contribution is -0.140. The summed E-state index contributed by atoms with van der Waals surface area (Å²) in [5.74, 6) is -0.415. The molecule has 1 saturated heterocycles. The van der Waals surface area contributed by atoms with Crippen molar-refractivity contribution in [3.63, 3.8) is 0 Å². The van der Waals surface area contributed by atoms with Crippen LogP contribution in [0, 0.1) is 0 Å². The fraction of sp³-hybridized carbons (Fsp3) is 0.571. The van der Waals surface area contributed by atoms with Crippen molar-refractivity contribution in [3.05, 3.63) is 23.9 Å². The van der Waals surface area contributed by atoms with E-state index in [1.54, 1.807) is 0 Å². The maximum Gasteiger partial charge on any atom is 0.417 e. The molecule has 1 fully saturated rings. The third kappa shape index (κ3) is 3.68. The zero-order valence-electron chi connectivity index (χ0n) is 12.3. The summed E-state index contributed by atoms with van der Waals surface area (Å²) >= 11 is 0. The van der Waals surface area contributed by atoms with E-state index in [0.717, 1.165) is 12.3 Å². The van der Waals surface area contributed by atoms with Gasteiger partial charge in [-0.3, -0.25) is 9.69 Å². The fourth-order valence-electron chi connectivity index (χ4n) is 2.75. The maximum absolute atomic E-state index is 12.5. The van der Waals surface area contributed by atoms with E-state index in [-0.39, 0.29) is 18.6 Å². The minimum absolute atomic E-state index is 0.0241. The molecule has 2 atom stereocenters. The molecule has 5 nitrogen and oxygen atoms in total. The maximum atomic E-state index is 12.5. The van der Waals surface area contributed by atoms with Crippen molar-refractivity contribution in [1.82, 2.24) is 9.88 Å². The van der Waals surface area contributed by atoms with Crippen molar-refractivity contribution in [3.8, 4) is 0 Å². The van der Waals surface area contributed by atoms with Crippen molar-refractivity contribution >= 4 is 11.8 Å². The third-order valence-corrected chi connectivity index (χ3v) is 3.82. The van der Waals surface area contributed by atoms with Crippen molar-refractivity contribution in [2.45, 2.75) is 32.1 Å². The first-order valence-corrected chi connectivity index (χ1v) is 6.94. The first-order chi connectivity index (χ1) is 10.2. The van der Waals surface area contributed by atoms with Crippen LogP contribution >= 0.6 is 0 Å². The van der Waals surface area contributed by atoms with Gasteiger partial charge in [-0.1, -0.05) is 0 Å². The minimum Gasteiger partial charge on any atom is -0.480 e. The SMILES string of the molecule is C[C@@H]1CN(c2ccc(C(F)(F)F)cn2)C[C@H](C)N1CC(=O)O. The van der Waals surface area contributed by atoms with Gasteiger partial charge < -0.3 is 10.0 Å². The second-order valence-corrected chi connectivity index (χ2v) is 5.57. The number of halogens is 3. The molecule has 0 bridgehead atoms. The van der Waals surface area contributed by atoms with Crippen molar-refractivity contribution in [2.75, 3.05) is 24.5 Å². The van der Waals surface area contributed by atoms with Crippen LogP contribution in [0.15, 0.2) is 18.3 Å². The highest BCUT2D eigenvalue weighted by Crippen LogP contribution is 2.30. The number of carbonyl (C=O) groups is 1. The quantitative estimate of drug-likeness (QED) is 0.925. The number of hydrogen-bond acceptors (Lipinski definition) is 4. The number of piperazine rings is 1. The predicted molar refractivity (Wildman–Crippen MR) is 74.7 cm³/mol.